The molecule has 1 aliphatic rings. The highest BCUT2D eigenvalue weighted by atomic mass is 16.5. The number of ether oxygens (including phenoxy) is 1. The van der Waals surface area contributed by atoms with Gasteiger partial charge in [0.05, 0.1) is 13.2 Å². The van der Waals surface area contributed by atoms with Gasteiger partial charge in [-0.25, -0.2) is 4.79 Å². The van der Waals surface area contributed by atoms with Crippen molar-refractivity contribution in [2.24, 2.45) is 0 Å². The van der Waals surface area contributed by atoms with E-state index in [1.54, 1.807) is 0 Å². The first-order valence-electron chi connectivity index (χ1n) is 9.87. The van der Waals surface area contributed by atoms with Crippen LogP contribution < -0.4 is 5.32 Å². The van der Waals surface area contributed by atoms with Gasteiger partial charge in [0.15, 0.2) is 0 Å². The molecule has 1 saturated heterocycles. The minimum Gasteiger partial charge on any atom is -0.453 e. The Morgan fingerprint density at radius 1 is 1.18 bits per heavy atom. The number of methoxy groups -OCH3 is 1. The molecule has 0 aliphatic carbocycles. The number of rotatable bonds is 7. The lowest BCUT2D eigenvalue weighted by molar-refractivity contribution is -0.141. The van der Waals surface area contributed by atoms with Gasteiger partial charge in [-0.15, -0.1) is 0 Å². The summed E-state index contributed by atoms with van der Waals surface area (Å²) in [6.07, 6.45) is 1.90. The number of carbonyl (C=O) groups excluding carboxylic acids is 2. The summed E-state index contributed by atoms with van der Waals surface area (Å²) in [6.45, 7) is 2.89. The summed E-state index contributed by atoms with van der Waals surface area (Å²) in [7, 11) is 3.35. The summed E-state index contributed by atoms with van der Waals surface area (Å²) in [4.78, 5) is 28.2. The second kappa shape index (κ2) is 9.55. The van der Waals surface area contributed by atoms with Crippen LogP contribution in [0.1, 0.15) is 18.4 Å². The molecule has 0 aromatic heterocycles. The maximum absolute atomic E-state index is 12.9. The van der Waals surface area contributed by atoms with Crippen molar-refractivity contribution < 1.29 is 14.3 Å². The highest BCUT2D eigenvalue weighted by Crippen LogP contribution is 2.18. The van der Waals surface area contributed by atoms with Gasteiger partial charge in [-0.1, -0.05) is 42.5 Å². The van der Waals surface area contributed by atoms with E-state index in [-0.39, 0.29) is 11.9 Å². The molecule has 6 heteroatoms. The third-order valence-electron chi connectivity index (χ3n) is 5.44. The number of fused-ring (bicyclic) bond motifs is 1. The summed E-state index contributed by atoms with van der Waals surface area (Å²) in [6, 6.07) is 14.7. The van der Waals surface area contributed by atoms with E-state index < -0.39 is 6.09 Å². The third-order valence-corrected chi connectivity index (χ3v) is 5.44. The highest BCUT2D eigenvalue weighted by molar-refractivity contribution is 5.83. The fourth-order valence-corrected chi connectivity index (χ4v) is 3.73. The molecule has 2 aromatic rings. The largest absolute Gasteiger partial charge is 0.453 e. The molecule has 150 valence electrons. The van der Waals surface area contributed by atoms with Crippen molar-refractivity contribution in [3.05, 3.63) is 48.0 Å². The van der Waals surface area contributed by atoms with Crippen molar-refractivity contribution in [1.82, 2.24) is 15.1 Å². The Kier molecular flexibility index (Phi) is 6.87. The van der Waals surface area contributed by atoms with Gasteiger partial charge in [-0.3, -0.25) is 9.69 Å². The molecule has 0 spiro atoms. The summed E-state index contributed by atoms with van der Waals surface area (Å²) in [5.41, 5.74) is 1.25. The van der Waals surface area contributed by atoms with Gasteiger partial charge < -0.3 is 15.0 Å². The van der Waals surface area contributed by atoms with E-state index in [0.29, 0.717) is 6.54 Å². The number of piperazine rings is 1. The Morgan fingerprint density at radius 3 is 2.75 bits per heavy atom. The van der Waals surface area contributed by atoms with Crippen molar-refractivity contribution in [2.75, 3.05) is 40.3 Å². The van der Waals surface area contributed by atoms with Crippen LogP contribution in [0.15, 0.2) is 42.5 Å². The van der Waals surface area contributed by atoms with Crippen molar-refractivity contribution in [3.63, 3.8) is 0 Å². The predicted molar refractivity (Wildman–Crippen MR) is 110 cm³/mol. The first-order chi connectivity index (χ1) is 13.6. The molecular formula is C22H29N3O3. The number of amides is 2. The number of nitrogens with one attached hydrogen (secondary N) is 1. The Hall–Kier alpha value is -2.60. The molecule has 6 nitrogen and oxygen atoms in total. The number of carbonyl (C=O) groups is 2. The molecule has 1 heterocycles. The number of nitrogens with zero attached hydrogens (tertiary/aromatic N) is 2. The maximum Gasteiger partial charge on any atom is 0.406 e. The van der Waals surface area contributed by atoms with Crippen molar-refractivity contribution in [1.29, 1.82) is 0 Å². The van der Waals surface area contributed by atoms with Crippen LogP contribution in [0.4, 0.5) is 4.79 Å². The van der Waals surface area contributed by atoms with Gasteiger partial charge in [0.25, 0.3) is 0 Å². The number of benzene rings is 2. The third kappa shape index (κ3) is 5.01. The SMILES string of the molecule is COC(=O)NCCC[C@H]1C(=O)N(CCc2ccc3ccccc3c2)CCN1C. The Bertz CT molecular complexity index is 824. The molecular weight excluding hydrogens is 354 g/mol. The normalized spacial score (nSPS) is 17.7. The molecule has 0 radical (unpaired) electrons. The lowest BCUT2D eigenvalue weighted by Crippen LogP contribution is -2.56. The zero-order valence-corrected chi connectivity index (χ0v) is 16.7. The second-order valence-corrected chi connectivity index (χ2v) is 7.31. The standard InChI is InChI=1S/C22H29N3O3/c1-24-14-15-25(21(26)20(24)8-5-12-23-22(27)28-2)13-11-17-9-10-18-6-3-4-7-19(18)16-17/h3-4,6-7,9-10,16,20H,5,8,11-15H2,1-2H3,(H,23,27)/t20-/m0/s1. The summed E-state index contributed by atoms with van der Waals surface area (Å²) in [5, 5.41) is 5.14. The summed E-state index contributed by atoms with van der Waals surface area (Å²) < 4.78 is 4.57. The van der Waals surface area contributed by atoms with Crippen LogP contribution in [0.25, 0.3) is 10.8 Å². The smallest absolute Gasteiger partial charge is 0.406 e. The van der Waals surface area contributed by atoms with E-state index in [9.17, 15) is 9.59 Å². The van der Waals surface area contributed by atoms with Crippen molar-refractivity contribution in [3.8, 4) is 0 Å². The topological polar surface area (TPSA) is 61.9 Å². The van der Waals surface area contributed by atoms with Crippen LogP contribution >= 0.6 is 0 Å². The minimum atomic E-state index is -0.430. The number of hydrogen-bond acceptors (Lipinski definition) is 4. The van der Waals surface area contributed by atoms with Gasteiger partial charge in [-0.2, -0.15) is 0 Å². The van der Waals surface area contributed by atoms with Crippen molar-refractivity contribution in [2.45, 2.75) is 25.3 Å². The molecule has 28 heavy (non-hydrogen) atoms. The molecule has 2 aromatic carbocycles. The first-order valence-corrected chi connectivity index (χ1v) is 9.87. The Balaban J connectivity index is 1.53. The average molecular weight is 383 g/mol. The molecule has 1 aliphatic heterocycles. The Morgan fingerprint density at radius 2 is 1.96 bits per heavy atom. The van der Waals surface area contributed by atoms with E-state index in [2.05, 4.69) is 51.4 Å². The molecule has 1 N–H and O–H groups in total. The highest BCUT2D eigenvalue weighted by Gasteiger charge is 2.31. The second-order valence-electron chi connectivity index (χ2n) is 7.31. The van der Waals surface area contributed by atoms with Gasteiger partial charge in [0, 0.05) is 26.2 Å². The van der Waals surface area contributed by atoms with E-state index in [0.717, 1.165) is 38.9 Å². The number of alkyl carbamates (subject to hydrolysis) is 1. The number of hydrogen-bond donors (Lipinski definition) is 1. The molecule has 0 saturated carbocycles. The van der Waals surface area contributed by atoms with E-state index in [1.165, 1.54) is 23.4 Å². The number of likely N-dealkylation sites (N-methyl/N-ethyl adjacent to an activating group) is 1. The monoisotopic (exact) mass is 383 g/mol. The van der Waals surface area contributed by atoms with E-state index >= 15 is 0 Å². The van der Waals surface area contributed by atoms with Crippen LogP contribution in [0.3, 0.4) is 0 Å². The fourth-order valence-electron chi connectivity index (χ4n) is 3.73. The first kappa shape index (κ1) is 20.1. The summed E-state index contributed by atoms with van der Waals surface area (Å²) >= 11 is 0. The molecule has 3 rings (SSSR count). The minimum absolute atomic E-state index is 0.121. The lowest BCUT2D eigenvalue weighted by atomic mass is 10.0. The van der Waals surface area contributed by atoms with Gasteiger partial charge in [0.1, 0.15) is 0 Å². The van der Waals surface area contributed by atoms with Gasteiger partial charge in [-0.05, 0) is 42.6 Å². The average Bonchev–Trinajstić information content (AvgIpc) is 2.72. The molecule has 0 bridgehead atoms. The fraction of sp³-hybridized carbons (Fsp3) is 0.455. The zero-order chi connectivity index (χ0) is 19.9. The van der Waals surface area contributed by atoms with E-state index in [1.807, 2.05) is 18.0 Å². The van der Waals surface area contributed by atoms with Gasteiger partial charge in [0.2, 0.25) is 5.91 Å². The van der Waals surface area contributed by atoms with Crippen LogP contribution in [0, 0.1) is 0 Å². The quantitative estimate of drug-likeness (QED) is 0.747. The summed E-state index contributed by atoms with van der Waals surface area (Å²) in [5.74, 6) is 0.188. The molecule has 2 amide bonds. The molecule has 1 fully saturated rings. The van der Waals surface area contributed by atoms with Crippen LogP contribution in [-0.4, -0.2) is 68.2 Å². The van der Waals surface area contributed by atoms with Gasteiger partial charge >= 0.3 is 6.09 Å². The maximum atomic E-state index is 12.9. The Labute approximate surface area is 166 Å². The van der Waals surface area contributed by atoms with Crippen LogP contribution in [-0.2, 0) is 16.0 Å². The van der Waals surface area contributed by atoms with Crippen LogP contribution in [0.2, 0.25) is 0 Å². The van der Waals surface area contributed by atoms with Crippen molar-refractivity contribution >= 4 is 22.8 Å². The van der Waals surface area contributed by atoms with E-state index in [4.69, 9.17) is 0 Å². The molecule has 1 atom stereocenters. The predicted octanol–water partition coefficient (Wildman–Crippen LogP) is 2.66. The zero-order valence-electron chi connectivity index (χ0n) is 16.7. The molecule has 0 unspecified atom stereocenters. The van der Waals surface area contributed by atoms with Crippen LogP contribution in [0.5, 0.6) is 0 Å². The lowest BCUT2D eigenvalue weighted by Gasteiger charge is -2.39.